The van der Waals surface area contributed by atoms with Crippen molar-refractivity contribution in [1.29, 1.82) is 0 Å². The molecule has 86 valence electrons. The van der Waals surface area contributed by atoms with Crippen LogP contribution in [-0.4, -0.2) is 27.6 Å². The lowest BCUT2D eigenvalue weighted by Gasteiger charge is -2.34. The molecule has 4 nitrogen and oxygen atoms in total. The Morgan fingerprint density at radius 1 is 1.38 bits per heavy atom. The maximum absolute atomic E-state index is 11.5. The van der Waals surface area contributed by atoms with E-state index < -0.39 is 0 Å². The number of rotatable bonds is 2. The number of Topliss-reactive ketones (excluding diaryl/α,β-unsaturated/α-hetero) is 1. The van der Waals surface area contributed by atoms with Gasteiger partial charge in [-0.2, -0.15) is 5.10 Å². The lowest BCUT2D eigenvalue weighted by atomic mass is 10.0. The normalized spacial score (nSPS) is 28.8. The average molecular weight is 219 g/mol. The van der Waals surface area contributed by atoms with E-state index in [-0.39, 0.29) is 0 Å². The molecule has 0 radical (unpaired) electrons. The van der Waals surface area contributed by atoms with E-state index in [1.54, 1.807) is 0 Å². The molecule has 1 aromatic rings. The summed E-state index contributed by atoms with van der Waals surface area (Å²) >= 11 is 0. The van der Waals surface area contributed by atoms with Crippen molar-refractivity contribution in [3.8, 4) is 0 Å². The van der Waals surface area contributed by atoms with Gasteiger partial charge < -0.3 is 4.90 Å². The van der Waals surface area contributed by atoms with Crippen LogP contribution in [0.1, 0.15) is 32.6 Å². The number of carbonyl (C=O) groups is 1. The first kappa shape index (κ1) is 9.87. The fourth-order valence-corrected chi connectivity index (χ4v) is 3.05. The molecule has 2 bridgehead atoms. The molecular weight excluding hydrogens is 202 g/mol. The third kappa shape index (κ3) is 1.44. The summed E-state index contributed by atoms with van der Waals surface area (Å²) in [5, 5.41) is 4.32. The maximum Gasteiger partial charge on any atom is 0.137 e. The van der Waals surface area contributed by atoms with Gasteiger partial charge in [0.15, 0.2) is 0 Å². The van der Waals surface area contributed by atoms with Gasteiger partial charge in [0.25, 0.3) is 0 Å². The number of piperidine rings is 1. The first-order valence-corrected chi connectivity index (χ1v) is 6.10. The molecule has 2 aliphatic heterocycles. The average Bonchev–Trinajstić information content (AvgIpc) is 2.81. The molecule has 2 saturated heterocycles. The monoisotopic (exact) mass is 219 g/mol. The number of hydrogen-bond acceptors (Lipinski definition) is 3. The SMILES string of the molecule is CCn1cc(N2C3CCC2CC(=O)C3)cn1. The molecule has 2 unspecified atom stereocenters. The quantitative estimate of drug-likeness (QED) is 0.758. The Hall–Kier alpha value is -1.32. The second-order valence-electron chi connectivity index (χ2n) is 4.79. The maximum atomic E-state index is 11.5. The Labute approximate surface area is 95.2 Å². The fraction of sp³-hybridized carbons (Fsp3) is 0.667. The van der Waals surface area contributed by atoms with Gasteiger partial charge in [-0.05, 0) is 19.8 Å². The van der Waals surface area contributed by atoms with Gasteiger partial charge in [0, 0.05) is 37.7 Å². The highest BCUT2D eigenvalue weighted by atomic mass is 16.1. The summed E-state index contributed by atoms with van der Waals surface area (Å²) in [6.07, 6.45) is 7.81. The molecule has 0 amide bonds. The van der Waals surface area contributed by atoms with Crippen LogP contribution in [0.4, 0.5) is 5.69 Å². The highest BCUT2D eigenvalue weighted by Gasteiger charge is 2.40. The van der Waals surface area contributed by atoms with E-state index >= 15 is 0 Å². The summed E-state index contributed by atoms with van der Waals surface area (Å²) in [5.74, 6) is 0.437. The molecule has 1 aromatic heterocycles. The molecule has 3 heterocycles. The summed E-state index contributed by atoms with van der Waals surface area (Å²) in [6, 6.07) is 0.863. The Kier molecular flexibility index (Phi) is 2.23. The summed E-state index contributed by atoms with van der Waals surface area (Å²) in [6.45, 7) is 2.99. The molecule has 0 saturated carbocycles. The van der Waals surface area contributed by atoms with E-state index in [9.17, 15) is 4.79 Å². The molecule has 4 heteroatoms. The minimum Gasteiger partial charge on any atom is -0.362 e. The van der Waals surface area contributed by atoms with E-state index in [0.717, 1.165) is 32.2 Å². The van der Waals surface area contributed by atoms with Crippen LogP contribution in [0.3, 0.4) is 0 Å². The van der Waals surface area contributed by atoms with E-state index in [2.05, 4.69) is 23.1 Å². The van der Waals surface area contributed by atoms with Crippen molar-refractivity contribution in [3.63, 3.8) is 0 Å². The molecule has 0 spiro atoms. The number of aromatic nitrogens is 2. The van der Waals surface area contributed by atoms with Crippen LogP contribution in [-0.2, 0) is 11.3 Å². The van der Waals surface area contributed by atoms with Crippen LogP contribution in [0.2, 0.25) is 0 Å². The number of hydrogen-bond donors (Lipinski definition) is 0. The Bertz CT molecular complexity index is 396. The lowest BCUT2D eigenvalue weighted by Crippen LogP contribution is -2.43. The van der Waals surface area contributed by atoms with Crippen LogP contribution in [0, 0.1) is 0 Å². The number of ketones is 1. The van der Waals surface area contributed by atoms with Crippen molar-refractivity contribution in [2.45, 2.75) is 51.2 Å². The summed E-state index contributed by atoms with van der Waals surface area (Å²) in [7, 11) is 0. The van der Waals surface area contributed by atoms with Gasteiger partial charge in [0.2, 0.25) is 0 Å². The van der Waals surface area contributed by atoms with Crippen LogP contribution >= 0.6 is 0 Å². The van der Waals surface area contributed by atoms with Crippen molar-refractivity contribution in [1.82, 2.24) is 9.78 Å². The number of carbonyl (C=O) groups excluding carboxylic acids is 1. The second-order valence-corrected chi connectivity index (χ2v) is 4.79. The van der Waals surface area contributed by atoms with Gasteiger partial charge >= 0.3 is 0 Å². The molecule has 16 heavy (non-hydrogen) atoms. The molecule has 3 rings (SSSR count). The van der Waals surface area contributed by atoms with Crippen molar-refractivity contribution in [2.24, 2.45) is 0 Å². The van der Waals surface area contributed by atoms with Crippen molar-refractivity contribution >= 4 is 11.5 Å². The van der Waals surface area contributed by atoms with Crippen LogP contribution in [0.15, 0.2) is 12.4 Å². The van der Waals surface area contributed by atoms with Crippen molar-refractivity contribution in [3.05, 3.63) is 12.4 Å². The van der Waals surface area contributed by atoms with Gasteiger partial charge in [0.1, 0.15) is 5.78 Å². The van der Waals surface area contributed by atoms with Crippen molar-refractivity contribution in [2.75, 3.05) is 4.90 Å². The molecule has 2 atom stereocenters. The predicted octanol–water partition coefficient (Wildman–Crippen LogP) is 1.60. The zero-order chi connectivity index (χ0) is 11.1. The van der Waals surface area contributed by atoms with Crippen molar-refractivity contribution < 1.29 is 4.79 Å². The number of anilines is 1. The Balaban J connectivity index is 1.87. The standard InChI is InChI=1S/C12H17N3O/c1-2-14-8-11(7-13-14)15-9-3-4-10(15)6-12(16)5-9/h7-10H,2-6H2,1H3. The van der Waals surface area contributed by atoms with E-state index in [1.807, 2.05) is 10.9 Å². The smallest absolute Gasteiger partial charge is 0.137 e. The number of aryl methyl sites for hydroxylation is 1. The topological polar surface area (TPSA) is 38.1 Å². The zero-order valence-electron chi connectivity index (χ0n) is 9.59. The largest absolute Gasteiger partial charge is 0.362 e. The van der Waals surface area contributed by atoms with E-state index in [0.29, 0.717) is 17.9 Å². The molecule has 0 aromatic carbocycles. The molecule has 2 aliphatic rings. The first-order chi connectivity index (χ1) is 7.78. The van der Waals surface area contributed by atoms with Gasteiger partial charge in [-0.25, -0.2) is 0 Å². The third-order valence-corrected chi connectivity index (χ3v) is 3.79. The van der Waals surface area contributed by atoms with Crippen LogP contribution in [0.5, 0.6) is 0 Å². The molecule has 0 aliphatic carbocycles. The van der Waals surface area contributed by atoms with Crippen LogP contribution in [0.25, 0.3) is 0 Å². The highest BCUT2D eigenvalue weighted by Crippen LogP contribution is 2.37. The molecule has 2 fully saturated rings. The minimum absolute atomic E-state index is 0.431. The van der Waals surface area contributed by atoms with Crippen LogP contribution < -0.4 is 4.90 Å². The highest BCUT2D eigenvalue weighted by molar-refractivity contribution is 5.83. The zero-order valence-corrected chi connectivity index (χ0v) is 9.59. The fourth-order valence-electron chi connectivity index (χ4n) is 3.05. The molecule has 0 N–H and O–H groups in total. The Morgan fingerprint density at radius 3 is 2.62 bits per heavy atom. The third-order valence-electron chi connectivity index (χ3n) is 3.79. The van der Waals surface area contributed by atoms with Gasteiger partial charge in [-0.3, -0.25) is 9.48 Å². The summed E-state index contributed by atoms with van der Waals surface area (Å²) in [4.78, 5) is 13.9. The number of fused-ring (bicyclic) bond motifs is 2. The van der Waals surface area contributed by atoms with E-state index in [1.165, 1.54) is 5.69 Å². The van der Waals surface area contributed by atoms with Gasteiger partial charge in [-0.15, -0.1) is 0 Å². The van der Waals surface area contributed by atoms with Gasteiger partial charge in [-0.1, -0.05) is 0 Å². The molecular formula is C12H17N3O. The summed E-state index contributed by atoms with van der Waals surface area (Å²) in [5.41, 5.74) is 1.20. The first-order valence-electron chi connectivity index (χ1n) is 6.10. The summed E-state index contributed by atoms with van der Waals surface area (Å²) < 4.78 is 1.95. The lowest BCUT2D eigenvalue weighted by molar-refractivity contribution is -0.120. The minimum atomic E-state index is 0.431. The Morgan fingerprint density at radius 2 is 2.06 bits per heavy atom. The second kappa shape index (κ2) is 3.61. The van der Waals surface area contributed by atoms with Gasteiger partial charge in [0.05, 0.1) is 11.9 Å². The predicted molar refractivity (Wildman–Crippen MR) is 61.4 cm³/mol. The van der Waals surface area contributed by atoms with E-state index in [4.69, 9.17) is 0 Å². The number of nitrogens with zero attached hydrogens (tertiary/aromatic N) is 3.